The molecule has 0 saturated heterocycles. The molecule has 3 nitrogen and oxygen atoms in total. The Morgan fingerprint density at radius 2 is 1.02 bits per heavy atom. The summed E-state index contributed by atoms with van der Waals surface area (Å²) in [6.45, 7) is 5.85. The average Bonchev–Trinajstić information content (AvgIpc) is 3.08. The van der Waals surface area contributed by atoms with Gasteiger partial charge in [-0.25, -0.2) is 0 Å². The maximum absolute atomic E-state index is 13.9. The molecule has 0 aliphatic heterocycles. The van der Waals surface area contributed by atoms with Gasteiger partial charge < -0.3 is 4.90 Å². The van der Waals surface area contributed by atoms with E-state index in [2.05, 4.69) is 146 Å². The van der Waals surface area contributed by atoms with Crippen LogP contribution in [0.1, 0.15) is 48.6 Å². The van der Waals surface area contributed by atoms with Crippen molar-refractivity contribution in [1.29, 1.82) is 0 Å². The molecule has 0 aliphatic rings. The summed E-state index contributed by atoms with van der Waals surface area (Å²) in [7, 11) is 1.94. The first kappa shape index (κ1) is 31.0. The minimum atomic E-state index is -0.131. The van der Waals surface area contributed by atoms with Crippen LogP contribution in [-0.4, -0.2) is 28.8 Å². The average molecular weight is 581 g/mol. The molecule has 0 saturated carbocycles. The number of amides is 1. The highest BCUT2D eigenvalue weighted by Gasteiger charge is 2.28. The number of benzene rings is 5. The van der Waals surface area contributed by atoms with E-state index in [9.17, 15) is 4.79 Å². The fourth-order valence-corrected chi connectivity index (χ4v) is 6.05. The topological polar surface area (TPSA) is 23.6 Å². The number of carbonyl (C=O) groups is 1. The van der Waals surface area contributed by atoms with Crippen LogP contribution in [0.2, 0.25) is 0 Å². The summed E-state index contributed by atoms with van der Waals surface area (Å²) in [6.07, 6.45) is 1.63. The lowest BCUT2D eigenvalue weighted by Crippen LogP contribution is -2.41. The molecular weight excluding hydrogens is 536 g/mol. The molecule has 0 radical (unpaired) electrons. The molecular formula is C41H44N2O. The van der Waals surface area contributed by atoms with Gasteiger partial charge in [-0.1, -0.05) is 153 Å². The molecule has 3 atom stereocenters. The van der Waals surface area contributed by atoms with Gasteiger partial charge in [0.15, 0.2) is 0 Å². The predicted octanol–water partition coefficient (Wildman–Crippen LogP) is 9.21. The van der Waals surface area contributed by atoms with Gasteiger partial charge in [-0.3, -0.25) is 9.69 Å². The van der Waals surface area contributed by atoms with Crippen molar-refractivity contribution < 1.29 is 4.79 Å². The van der Waals surface area contributed by atoms with E-state index in [4.69, 9.17) is 0 Å². The van der Waals surface area contributed by atoms with E-state index < -0.39 is 0 Å². The number of hydrogen-bond acceptors (Lipinski definition) is 2. The molecule has 5 aromatic carbocycles. The molecule has 0 spiro atoms. The molecule has 5 aromatic rings. The highest BCUT2D eigenvalue weighted by Crippen LogP contribution is 2.27. The van der Waals surface area contributed by atoms with Crippen molar-refractivity contribution in [2.24, 2.45) is 5.92 Å². The van der Waals surface area contributed by atoms with E-state index in [0.717, 1.165) is 31.5 Å². The summed E-state index contributed by atoms with van der Waals surface area (Å²) in [5, 5.41) is 0. The molecule has 1 unspecified atom stereocenters. The van der Waals surface area contributed by atoms with Gasteiger partial charge in [0.1, 0.15) is 0 Å². The van der Waals surface area contributed by atoms with Crippen molar-refractivity contribution in [3.63, 3.8) is 0 Å². The van der Waals surface area contributed by atoms with Gasteiger partial charge in [0, 0.05) is 32.1 Å². The Balaban J connectivity index is 1.42. The molecule has 3 heteroatoms. The van der Waals surface area contributed by atoms with E-state index in [1.807, 2.05) is 30.1 Å². The second kappa shape index (κ2) is 15.3. The lowest BCUT2D eigenvalue weighted by molar-refractivity contribution is -0.136. The first-order chi connectivity index (χ1) is 21.5. The van der Waals surface area contributed by atoms with E-state index >= 15 is 0 Å². The molecule has 0 N–H and O–H groups in total. The van der Waals surface area contributed by atoms with Crippen molar-refractivity contribution in [3.05, 3.63) is 168 Å². The van der Waals surface area contributed by atoms with Crippen LogP contribution in [0, 0.1) is 5.92 Å². The zero-order chi connectivity index (χ0) is 30.7. The zero-order valence-corrected chi connectivity index (χ0v) is 26.2. The smallest absolute Gasteiger partial charge is 0.225 e. The van der Waals surface area contributed by atoms with Crippen molar-refractivity contribution in [1.82, 2.24) is 9.80 Å². The number of rotatable bonds is 13. The first-order valence-corrected chi connectivity index (χ1v) is 15.8. The van der Waals surface area contributed by atoms with Crippen LogP contribution in [0.25, 0.3) is 11.1 Å². The van der Waals surface area contributed by atoms with Crippen molar-refractivity contribution >= 4 is 5.91 Å². The highest BCUT2D eigenvalue weighted by atomic mass is 16.2. The van der Waals surface area contributed by atoms with Gasteiger partial charge >= 0.3 is 0 Å². The van der Waals surface area contributed by atoms with Gasteiger partial charge in [0.05, 0.1) is 6.04 Å². The number of carbonyl (C=O) groups excluding carboxylic acids is 1. The Morgan fingerprint density at radius 3 is 1.55 bits per heavy atom. The van der Waals surface area contributed by atoms with Crippen molar-refractivity contribution in [2.75, 3.05) is 7.05 Å². The summed E-state index contributed by atoms with van der Waals surface area (Å²) in [4.78, 5) is 18.4. The van der Waals surface area contributed by atoms with Crippen molar-refractivity contribution in [2.45, 2.75) is 51.9 Å². The van der Waals surface area contributed by atoms with E-state index in [1.165, 1.54) is 27.8 Å². The number of nitrogens with zero attached hydrogens (tertiary/aromatic N) is 2. The molecule has 0 bridgehead atoms. The van der Waals surface area contributed by atoms with Gasteiger partial charge in [-0.05, 0) is 53.1 Å². The molecule has 5 rings (SSSR count). The SMILES string of the molecule is C[C@H](CC(Cc1ccc(-c2ccccc2)cc1)N(Cc1ccccc1)Cc1ccccc1)C(=O)N(C)[C@H](C)c1ccccc1. The highest BCUT2D eigenvalue weighted by molar-refractivity contribution is 5.78. The first-order valence-electron chi connectivity index (χ1n) is 15.8. The Kier molecular flexibility index (Phi) is 10.8. The summed E-state index contributed by atoms with van der Waals surface area (Å²) in [5.74, 6) is 0.0546. The summed E-state index contributed by atoms with van der Waals surface area (Å²) < 4.78 is 0. The second-order valence-corrected chi connectivity index (χ2v) is 12.0. The third-order valence-electron chi connectivity index (χ3n) is 8.76. The van der Waals surface area contributed by atoms with Gasteiger partial charge in [-0.2, -0.15) is 0 Å². The minimum absolute atomic E-state index is 0.0138. The summed E-state index contributed by atoms with van der Waals surface area (Å²) in [5.41, 5.74) is 7.44. The van der Waals surface area contributed by atoms with Crippen LogP contribution < -0.4 is 0 Å². The van der Waals surface area contributed by atoms with Crippen LogP contribution >= 0.6 is 0 Å². The minimum Gasteiger partial charge on any atom is -0.339 e. The quantitative estimate of drug-likeness (QED) is 0.139. The fraction of sp³-hybridized carbons (Fsp3) is 0.244. The maximum Gasteiger partial charge on any atom is 0.225 e. The molecule has 224 valence electrons. The van der Waals surface area contributed by atoms with Gasteiger partial charge in [0.25, 0.3) is 0 Å². The second-order valence-electron chi connectivity index (χ2n) is 12.0. The Hall–Kier alpha value is -4.47. The predicted molar refractivity (Wildman–Crippen MR) is 183 cm³/mol. The van der Waals surface area contributed by atoms with E-state index in [1.54, 1.807) is 0 Å². The molecule has 1 amide bonds. The van der Waals surface area contributed by atoms with E-state index in [0.29, 0.717) is 0 Å². The van der Waals surface area contributed by atoms with Crippen molar-refractivity contribution in [3.8, 4) is 11.1 Å². The fourth-order valence-electron chi connectivity index (χ4n) is 6.05. The van der Waals surface area contributed by atoms with Gasteiger partial charge in [-0.15, -0.1) is 0 Å². The largest absolute Gasteiger partial charge is 0.339 e. The molecule has 0 fully saturated rings. The lowest BCUT2D eigenvalue weighted by atomic mass is 9.92. The molecule has 0 aliphatic carbocycles. The third kappa shape index (κ3) is 8.33. The summed E-state index contributed by atoms with van der Waals surface area (Å²) in [6, 6.07) is 51.4. The normalized spacial score (nSPS) is 13.3. The standard InChI is InChI=1S/C41H44N2O/c1-32(41(44)42(3)33(2)37-20-12-6-13-21-37)28-40(29-34-24-26-39(27-25-34)38-22-14-7-15-23-38)43(30-35-16-8-4-9-17-35)31-36-18-10-5-11-19-36/h4-27,32-33,40H,28-31H2,1-3H3/t32-,33-,40?/m1/s1. The zero-order valence-electron chi connectivity index (χ0n) is 26.2. The monoisotopic (exact) mass is 580 g/mol. The lowest BCUT2D eigenvalue weighted by Gasteiger charge is -2.35. The molecule has 0 heterocycles. The van der Waals surface area contributed by atoms with Crippen LogP contribution in [0.15, 0.2) is 146 Å². The van der Waals surface area contributed by atoms with Crippen LogP contribution in [0.3, 0.4) is 0 Å². The Bertz CT molecular complexity index is 1510. The maximum atomic E-state index is 13.9. The number of hydrogen-bond donors (Lipinski definition) is 0. The Morgan fingerprint density at radius 1 is 0.568 bits per heavy atom. The van der Waals surface area contributed by atoms with Crippen LogP contribution in [-0.2, 0) is 24.3 Å². The molecule has 0 aromatic heterocycles. The van der Waals surface area contributed by atoms with Crippen LogP contribution in [0.4, 0.5) is 0 Å². The van der Waals surface area contributed by atoms with Crippen LogP contribution in [0.5, 0.6) is 0 Å². The summed E-state index contributed by atoms with van der Waals surface area (Å²) >= 11 is 0. The van der Waals surface area contributed by atoms with E-state index in [-0.39, 0.29) is 23.9 Å². The molecule has 44 heavy (non-hydrogen) atoms. The van der Waals surface area contributed by atoms with Gasteiger partial charge in [0.2, 0.25) is 5.91 Å². The third-order valence-corrected chi connectivity index (χ3v) is 8.76. The Labute approximate surface area is 263 Å².